The highest BCUT2D eigenvalue weighted by atomic mass is 15.1. The topological polar surface area (TPSA) is 6.48 Å². The Hall–Kier alpha value is -10.0. The van der Waals surface area contributed by atoms with Gasteiger partial charge in [-0.05, 0) is 175 Å². The lowest BCUT2D eigenvalue weighted by atomic mass is 9.85. The van der Waals surface area contributed by atoms with Gasteiger partial charge in [-0.25, -0.2) is 0 Å². The highest BCUT2D eigenvalue weighted by Crippen LogP contribution is 2.49. The third-order valence-corrected chi connectivity index (χ3v) is 15.2. The van der Waals surface area contributed by atoms with Crippen LogP contribution < -0.4 is 9.80 Å². The SMILES string of the molecule is Cc1ccc(-c2c3ccc(N(c4ccc(-c5ccccc5)cc4)c4ccc(-c5ccccc5)cc4)cc3c(-c3ccc(C)cc3)c3ccc(N(c4ccc(-c5ccccc5)cc4)c4ccc(-c5ccccc5)cc4)cc23)cc1. The van der Waals surface area contributed by atoms with Crippen molar-refractivity contribution in [2.45, 2.75) is 13.8 Å². The number of benzene rings is 13. The van der Waals surface area contributed by atoms with Gasteiger partial charge in [0.25, 0.3) is 0 Å². The molecule has 0 amide bonds. The van der Waals surface area contributed by atoms with E-state index in [9.17, 15) is 0 Å². The second-order valence-corrected chi connectivity index (χ2v) is 20.3. The van der Waals surface area contributed by atoms with Crippen LogP contribution in [-0.2, 0) is 0 Å². The van der Waals surface area contributed by atoms with Crippen molar-refractivity contribution in [3.8, 4) is 66.8 Å². The van der Waals surface area contributed by atoms with E-state index in [1.165, 1.54) is 99.4 Å². The third kappa shape index (κ3) is 9.42. The molecule has 2 heteroatoms. The van der Waals surface area contributed by atoms with Crippen LogP contribution in [0.3, 0.4) is 0 Å². The van der Waals surface area contributed by atoms with Crippen molar-refractivity contribution in [1.29, 1.82) is 0 Å². The van der Waals surface area contributed by atoms with Crippen molar-refractivity contribution >= 4 is 55.7 Å². The average Bonchev–Trinajstić information content (AvgIpc) is 3.65. The molecule has 0 saturated carbocycles. The first-order valence-corrected chi connectivity index (χ1v) is 26.9. The summed E-state index contributed by atoms with van der Waals surface area (Å²) in [5, 5.41) is 4.74. The number of fused-ring (bicyclic) bond motifs is 2. The molecule has 0 aliphatic heterocycles. The van der Waals surface area contributed by atoms with Gasteiger partial charge in [0.15, 0.2) is 0 Å². The second kappa shape index (κ2) is 20.9. The van der Waals surface area contributed by atoms with Crippen LogP contribution in [0.4, 0.5) is 34.1 Å². The van der Waals surface area contributed by atoms with Crippen molar-refractivity contribution < 1.29 is 0 Å². The minimum Gasteiger partial charge on any atom is -0.310 e. The molecule has 0 bridgehead atoms. The number of anilines is 6. The van der Waals surface area contributed by atoms with Crippen molar-refractivity contribution in [3.63, 3.8) is 0 Å². The van der Waals surface area contributed by atoms with E-state index in [2.05, 4.69) is 327 Å². The van der Waals surface area contributed by atoms with E-state index in [-0.39, 0.29) is 0 Å². The number of rotatable bonds is 12. The smallest absolute Gasteiger partial charge is 0.0468 e. The van der Waals surface area contributed by atoms with E-state index in [0.717, 1.165) is 34.1 Å². The van der Waals surface area contributed by atoms with E-state index in [0.29, 0.717) is 0 Å². The molecule has 13 rings (SSSR count). The number of aryl methyl sites for hydroxylation is 2. The van der Waals surface area contributed by atoms with Crippen LogP contribution in [0, 0.1) is 13.8 Å². The maximum atomic E-state index is 2.43. The zero-order valence-electron chi connectivity index (χ0n) is 43.8. The predicted molar refractivity (Wildman–Crippen MR) is 333 cm³/mol. The van der Waals surface area contributed by atoms with Crippen LogP contribution in [0.2, 0.25) is 0 Å². The Labute approximate surface area is 458 Å². The molecule has 0 aromatic heterocycles. The van der Waals surface area contributed by atoms with Gasteiger partial charge in [0.1, 0.15) is 0 Å². The van der Waals surface area contributed by atoms with Crippen LogP contribution in [0.25, 0.3) is 88.3 Å². The summed E-state index contributed by atoms with van der Waals surface area (Å²) >= 11 is 0. The molecule has 0 N–H and O–H groups in total. The Balaban J connectivity index is 1.03. The van der Waals surface area contributed by atoms with Crippen LogP contribution >= 0.6 is 0 Å². The number of nitrogens with zero attached hydrogens (tertiary/aromatic N) is 2. The van der Waals surface area contributed by atoms with E-state index in [1.807, 2.05) is 0 Å². The molecule has 370 valence electrons. The largest absolute Gasteiger partial charge is 0.310 e. The molecule has 0 heterocycles. The normalized spacial score (nSPS) is 11.2. The number of hydrogen-bond acceptors (Lipinski definition) is 2. The van der Waals surface area contributed by atoms with Gasteiger partial charge in [0.2, 0.25) is 0 Å². The van der Waals surface area contributed by atoms with Gasteiger partial charge in [0.05, 0.1) is 0 Å². The summed E-state index contributed by atoms with van der Waals surface area (Å²) in [6, 6.07) is 111. The van der Waals surface area contributed by atoms with Crippen molar-refractivity contribution in [2.75, 3.05) is 9.80 Å². The first-order chi connectivity index (χ1) is 38.5. The van der Waals surface area contributed by atoms with Crippen LogP contribution in [-0.4, -0.2) is 0 Å². The van der Waals surface area contributed by atoms with Gasteiger partial charge in [-0.15, -0.1) is 0 Å². The summed E-state index contributed by atoms with van der Waals surface area (Å²) in [4.78, 5) is 4.82. The van der Waals surface area contributed by atoms with Crippen molar-refractivity contribution in [1.82, 2.24) is 0 Å². The van der Waals surface area contributed by atoms with Gasteiger partial charge in [-0.2, -0.15) is 0 Å². The van der Waals surface area contributed by atoms with Gasteiger partial charge in [0, 0.05) is 34.1 Å². The van der Waals surface area contributed by atoms with Crippen molar-refractivity contribution in [3.05, 3.63) is 314 Å². The monoisotopic (exact) mass is 996 g/mol. The predicted octanol–water partition coefficient (Wildman–Crippen LogP) is 21.6. The Morgan fingerprint density at radius 1 is 0.179 bits per heavy atom. The van der Waals surface area contributed by atoms with Gasteiger partial charge >= 0.3 is 0 Å². The fraction of sp³-hybridized carbons (Fsp3) is 0.0263. The Bertz CT molecular complexity index is 3730. The highest BCUT2D eigenvalue weighted by molar-refractivity contribution is 6.22. The van der Waals surface area contributed by atoms with Crippen molar-refractivity contribution in [2.24, 2.45) is 0 Å². The molecule has 0 fully saturated rings. The Morgan fingerprint density at radius 2 is 0.397 bits per heavy atom. The fourth-order valence-corrected chi connectivity index (χ4v) is 11.2. The molecular weight excluding hydrogens is 941 g/mol. The third-order valence-electron chi connectivity index (χ3n) is 15.2. The molecule has 0 unspecified atom stereocenters. The summed E-state index contributed by atoms with van der Waals surface area (Å²) in [6.45, 7) is 4.34. The standard InChI is InChI=1S/C76H56N2/c1-53-23-27-63(28-24-53)75-71-49-47-70(78(67-43-35-61(36-44-67)57-19-11-5-12-20-57)68-45-37-62(38-46-68)58-21-13-6-14-22-58)52-74(71)76(64-29-25-54(2)26-30-64)72-50-48-69(51-73(72)75)77(65-39-31-59(32-40-65)55-15-7-3-8-16-55)66-41-33-60(34-42-66)56-17-9-4-10-18-56/h3-52H,1-2H3. The second-order valence-electron chi connectivity index (χ2n) is 20.3. The Kier molecular flexibility index (Phi) is 12.8. The van der Waals surface area contributed by atoms with E-state index >= 15 is 0 Å². The van der Waals surface area contributed by atoms with E-state index in [4.69, 9.17) is 0 Å². The summed E-state index contributed by atoms with van der Waals surface area (Å²) in [7, 11) is 0. The van der Waals surface area contributed by atoms with Crippen LogP contribution in [0.5, 0.6) is 0 Å². The first-order valence-electron chi connectivity index (χ1n) is 26.9. The summed E-state index contributed by atoms with van der Waals surface area (Å²) in [5.41, 5.74) is 23.2. The minimum atomic E-state index is 1.07. The average molecular weight is 997 g/mol. The molecular formula is C76H56N2. The summed E-state index contributed by atoms with van der Waals surface area (Å²) in [5.74, 6) is 0. The lowest BCUT2D eigenvalue weighted by Crippen LogP contribution is -2.10. The number of hydrogen-bond donors (Lipinski definition) is 0. The minimum absolute atomic E-state index is 1.07. The summed E-state index contributed by atoms with van der Waals surface area (Å²) < 4.78 is 0. The zero-order chi connectivity index (χ0) is 52.4. The highest BCUT2D eigenvalue weighted by Gasteiger charge is 2.23. The van der Waals surface area contributed by atoms with Gasteiger partial charge in [-0.1, -0.05) is 242 Å². The molecule has 0 atom stereocenters. The first kappa shape index (κ1) is 47.7. The van der Waals surface area contributed by atoms with E-state index in [1.54, 1.807) is 0 Å². The maximum absolute atomic E-state index is 2.43. The molecule has 0 saturated heterocycles. The molecule has 0 radical (unpaired) electrons. The lowest BCUT2D eigenvalue weighted by Gasteiger charge is -2.28. The molecule has 13 aromatic rings. The fourth-order valence-electron chi connectivity index (χ4n) is 11.2. The molecule has 0 spiro atoms. The Morgan fingerprint density at radius 3 is 0.654 bits per heavy atom. The quantitative estimate of drug-likeness (QED) is 0.113. The molecule has 78 heavy (non-hydrogen) atoms. The lowest BCUT2D eigenvalue weighted by molar-refractivity contribution is 1.29. The van der Waals surface area contributed by atoms with Gasteiger partial charge < -0.3 is 9.80 Å². The summed E-state index contributed by atoms with van der Waals surface area (Å²) in [6.07, 6.45) is 0. The molecule has 2 nitrogen and oxygen atoms in total. The molecule has 13 aromatic carbocycles. The van der Waals surface area contributed by atoms with Crippen LogP contribution in [0.1, 0.15) is 11.1 Å². The molecule has 0 aliphatic rings. The van der Waals surface area contributed by atoms with Gasteiger partial charge in [-0.3, -0.25) is 0 Å². The van der Waals surface area contributed by atoms with Crippen LogP contribution in [0.15, 0.2) is 303 Å². The maximum Gasteiger partial charge on any atom is 0.0468 e. The van der Waals surface area contributed by atoms with E-state index < -0.39 is 0 Å². The molecule has 0 aliphatic carbocycles. The zero-order valence-corrected chi connectivity index (χ0v) is 43.8.